The second-order valence-electron chi connectivity index (χ2n) is 3.69. The van der Waals surface area contributed by atoms with E-state index in [0.717, 1.165) is 22.0 Å². The predicted molar refractivity (Wildman–Crippen MR) is 72.9 cm³/mol. The summed E-state index contributed by atoms with van der Waals surface area (Å²) in [6, 6.07) is 5.74. The lowest BCUT2D eigenvalue weighted by Crippen LogP contribution is -2.19. The van der Waals surface area contributed by atoms with Gasteiger partial charge in [-0.15, -0.1) is 0 Å². The number of aryl methyl sites for hydroxylation is 1. The van der Waals surface area contributed by atoms with Crippen LogP contribution in [0.25, 0.3) is 0 Å². The molecule has 1 rings (SSSR count). The van der Waals surface area contributed by atoms with Crippen molar-refractivity contribution < 1.29 is 10.2 Å². The molecule has 0 amide bonds. The largest absolute Gasteiger partial charge is 0.390 e. The van der Waals surface area contributed by atoms with E-state index in [1.807, 2.05) is 25.1 Å². The maximum Gasteiger partial charge on any atom is 0.105 e. The van der Waals surface area contributed by atoms with Crippen LogP contribution in [0.3, 0.4) is 0 Å². The Balaban J connectivity index is 2.93. The fourth-order valence-corrected chi connectivity index (χ4v) is 2.52. The van der Waals surface area contributed by atoms with Crippen LogP contribution in [0, 0.1) is 0 Å². The van der Waals surface area contributed by atoms with Crippen LogP contribution in [0.5, 0.6) is 0 Å². The third-order valence-electron chi connectivity index (χ3n) is 2.57. The summed E-state index contributed by atoms with van der Waals surface area (Å²) >= 11 is 6.66. The highest BCUT2D eigenvalue weighted by atomic mass is 79.9. The van der Waals surface area contributed by atoms with Gasteiger partial charge in [0.15, 0.2) is 0 Å². The number of aliphatic hydroxyl groups excluding tert-OH is 2. The average molecular weight is 352 g/mol. The van der Waals surface area contributed by atoms with Crippen LogP contribution >= 0.6 is 31.9 Å². The predicted octanol–water partition coefficient (Wildman–Crippen LogP) is 3.19. The van der Waals surface area contributed by atoms with Gasteiger partial charge in [-0.2, -0.15) is 0 Å². The number of hydrogen-bond acceptors (Lipinski definition) is 2. The molecule has 0 radical (unpaired) electrons. The summed E-state index contributed by atoms with van der Waals surface area (Å²) in [4.78, 5) is 0. The molecule has 0 fully saturated rings. The summed E-state index contributed by atoms with van der Waals surface area (Å²) in [6.07, 6.45) is -0.140. The number of aliphatic hydroxyl groups is 2. The molecule has 90 valence electrons. The van der Waals surface area contributed by atoms with Crippen molar-refractivity contribution in [2.24, 2.45) is 0 Å². The van der Waals surface area contributed by atoms with E-state index < -0.39 is 12.2 Å². The third kappa shape index (κ3) is 3.55. The molecule has 0 heterocycles. The zero-order valence-electron chi connectivity index (χ0n) is 9.16. The fourth-order valence-electron chi connectivity index (χ4n) is 1.65. The highest BCUT2D eigenvalue weighted by Crippen LogP contribution is 2.26. The SMILES string of the molecule is CCc1cc(Br)ccc1C(O)C(O)CCBr. The Kier molecular flexibility index (Phi) is 5.97. The molecule has 0 saturated carbocycles. The van der Waals surface area contributed by atoms with Gasteiger partial charge in [0.2, 0.25) is 0 Å². The molecular weight excluding hydrogens is 336 g/mol. The van der Waals surface area contributed by atoms with Crippen molar-refractivity contribution in [1.82, 2.24) is 0 Å². The molecule has 1 aromatic rings. The molecule has 0 aliphatic rings. The molecular formula is C12H16Br2O2. The standard InChI is InChI=1S/C12H16Br2O2/c1-2-8-7-9(14)3-4-10(8)12(16)11(15)5-6-13/h3-4,7,11-12,15-16H,2,5-6H2,1H3. The molecule has 0 spiro atoms. The van der Waals surface area contributed by atoms with Gasteiger partial charge in [0.05, 0.1) is 6.10 Å². The Morgan fingerprint density at radius 2 is 2.00 bits per heavy atom. The van der Waals surface area contributed by atoms with E-state index in [0.29, 0.717) is 11.8 Å². The van der Waals surface area contributed by atoms with Crippen LogP contribution < -0.4 is 0 Å². The molecule has 0 aromatic heterocycles. The number of benzene rings is 1. The van der Waals surface area contributed by atoms with Crippen molar-refractivity contribution in [3.8, 4) is 0 Å². The van der Waals surface area contributed by atoms with E-state index in [4.69, 9.17) is 0 Å². The van der Waals surface area contributed by atoms with Crippen LogP contribution in [0.4, 0.5) is 0 Å². The Morgan fingerprint density at radius 1 is 1.31 bits per heavy atom. The van der Waals surface area contributed by atoms with E-state index in [1.165, 1.54) is 0 Å². The van der Waals surface area contributed by atoms with E-state index in [2.05, 4.69) is 31.9 Å². The summed E-state index contributed by atoms with van der Waals surface area (Å²) in [7, 11) is 0. The average Bonchev–Trinajstić information content (AvgIpc) is 2.28. The summed E-state index contributed by atoms with van der Waals surface area (Å²) in [6.45, 7) is 2.04. The van der Waals surface area contributed by atoms with Gasteiger partial charge in [-0.1, -0.05) is 44.8 Å². The maximum absolute atomic E-state index is 10.0. The van der Waals surface area contributed by atoms with Gasteiger partial charge in [-0.3, -0.25) is 0 Å². The van der Waals surface area contributed by atoms with E-state index in [-0.39, 0.29) is 0 Å². The molecule has 0 saturated heterocycles. The summed E-state index contributed by atoms with van der Waals surface area (Å²) in [5.74, 6) is 0. The topological polar surface area (TPSA) is 40.5 Å². The first-order valence-corrected chi connectivity index (χ1v) is 7.22. The molecule has 0 aliphatic heterocycles. The zero-order valence-corrected chi connectivity index (χ0v) is 12.3. The van der Waals surface area contributed by atoms with Crippen LogP contribution in [0.15, 0.2) is 22.7 Å². The van der Waals surface area contributed by atoms with Gasteiger partial charge in [0, 0.05) is 9.80 Å². The van der Waals surface area contributed by atoms with Gasteiger partial charge >= 0.3 is 0 Å². The van der Waals surface area contributed by atoms with E-state index in [9.17, 15) is 10.2 Å². The molecule has 2 N–H and O–H groups in total. The minimum Gasteiger partial charge on any atom is -0.390 e. The van der Waals surface area contributed by atoms with Gasteiger partial charge in [0.25, 0.3) is 0 Å². The summed E-state index contributed by atoms with van der Waals surface area (Å²) < 4.78 is 0.996. The Bertz CT molecular complexity index is 342. The summed E-state index contributed by atoms with van der Waals surface area (Å²) in [5, 5.41) is 20.5. The van der Waals surface area contributed by atoms with Crippen LogP contribution in [0.2, 0.25) is 0 Å². The molecule has 4 heteroatoms. The Hall–Kier alpha value is 0.100. The van der Waals surface area contributed by atoms with Crippen LogP contribution in [0.1, 0.15) is 30.6 Å². The number of hydrogen-bond donors (Lipinski definition) is 2. The first-order chi connectivity index (χ1) is 7.60. The van der Waals surface area contributed by atoms with Crippen molar-refractivity contribution >= 4 is 31.9 Å². The van der Waals surface area contributed by atoms with Crippen molar-refractivity contribution in [3.05, 3.63) is 33.8 Å². The lowest BCUT2D eigenvalue weighted by molar-refractivity contribution is 0.0168. The lowest BCUT2D eigenvalue weighted by atomic mass is 9.96. The van der Waals surface area contributed by atoms with Crippen LogP contribution in [-0.4, -0.2) is 21.6 Å². The van der Waals surface area contributed by atoms with Gasteiger partial charge < -0.3 is 10.2 Å². The second kappa shape index (κ2) is 6.74. The molecule has 2 unspecified atom stereocenters. The van der Waals surface area contributed by atoms with E-state index in [1.54, 1.807) is 0 Å². The first-order valence-electron chi connectivity index (χ1n) is 5.30. The molecule has 1 aromatic carbocycles. The quantitative estimate of drug-likeness (QED) is 0.800. The van der Waals surface area contributed by atoms with Crippen molar-refractivity contribution in [3.63, 3.8) is 0 Å². The minimum atomic E-state index is -0.805. The molecule has 2 nitrogen and oxygen atoms in total. The first kappa shape index (κ1) is 14.2. The van der Waals surface area contributed by atoms with Gasteiger partial charge in [0.1, 0.15) is 6.10 Å². The Morgan fingerprint density at radius 3 is 2.56 bits per heavy atom. The van der Waals surface area contributed by atoms with Crippen molar-refractivity contribution in [1.29, 1.82) is 0 Å². The number of rotatable bonds is 5. The van der Waals surface area contributed by atoms with Crippen molar-refractivity contribution in [2.75, 3.05) is 5.33 Å². The summed E-state index contributed by atoms with van der Waals surface area (Å²) in [5.41, 5.74) is 1.88. The number of alkyl halides is 1. The maximum atomic E-state index is 10.0. The fraction of sp³-hybridized carbons (Fsp3) is 0.500. The molecule has 16 heavy (non-hydrogen) atoms. The molecule has 2 atom stereocenters. The minimum absolute atomic E-state index is 0.542. The Labute approximate surface area is 113 Å². The normalized spacial score (nSPS) is 14.8. The smallest absolute Gasteiger partial charge is 0.105 e. The lowest BCUT2D eigenvalue weighted by Gasteiger charge is -2.20. The van der Waals surface area contributed by atoms with Crippen LogP contribution in [-0.2, 0) is 6.42 Å². The third-order valence-corrected chi connectivity index (χ3v) is 3.52. The highest BCUT2D eigenvalue weighted by molar-refractivity contribution is 9.10. The number of halogens is 2. The molecule has 0 aliphatic carbocycles. The van der Waals surface area contributed by atoms with Gasteiger partial charge in [-0.05, 0) is 36.1 Å². The monoisotopic (exact) mass is 350 g/mol. The zero-order chi connectivity index (χ0) is 12.1. The van der Waals surface area contributed by atoms with Crippen molar-refractivity contribution in [2.45, 2.75) is 32.0 Å². The van der Waals surface area contributed by atoms with Gasteiger partial charge in [-0.25, -0.2) is 0 Å². The second-order valence-corrected chi connectivity index (χ2v) is 5.40. The highest BCUT2D eigenvalue weighted by Gasteiger charge is 2.19. The molecule has 0 bridgehead atoms. The van der Waals surface area contributed by atoms with E-state index >= 15 is 0 Å².